The third kappa shape index (κ3) is 2.77. The molecule has 4 rings (SSSR count). The predicted octanol–water partition coefficient (Wildman–Crippen LogP) is 2.48. The number of para-hydroxylation sites is 1. The lowest BCUT2D eigenvalue weighted by atomic mass is 10.2. The first kappa shape index (κ1) is 16.6. The zero-order valence-electron chi connectivity index (χ0n) is 14.6. The van der Waals surface area contributed by atoms with Gasteiger partial charge >= 0.3 is 0 Å². The summed E-state index contributed by atoms with van der Waals surface area (Å²) in [5.74, 6) is 0.953. The molecule has 0 amide bonds. The molecule has 8 heteroatoms. The number of benzene rings is 2. The first-order valence-electron chi connectivity index (χ1n) is 8.10. The van der Waals surface area contributed by atoms with Crippen molar-refractivity contribution in [2.45, 2.75) is 0 Å². The molecule has 0 radical (unpaired) electrons. The molecule has 2 heterocycles. The fraction of sp³-hybridized carbons (Fsp3) is 0.105. The minimum absolute atomic E-state index is 0.0523. The molecule has 0 spiro atoms. The van der Waals surface area contributed by atoms with Gasteiger partial charge in [0.1, 0.15) is 23.1 Å². The topological polar surface area (TPSA) is 102 Å². The largest absolute Gasteiger partial charge is 0.504 e. The number of hydrogen-bond acceptors (Lipinski definition) is 6. The number of methoxy groups -OCH3 is 2. The monoisotopic (exact) mass is 364 g/mol. The van der Waals surface area contributed by atoms with Crippen LogP contribution in [0.2, 0.25) is 0 Å². The Kier molecular flexibility index (Phi) is 4.00. The van der Waals surface area contributed by atoms with E-state index >= 15 is 0 Å². The third-order valence-corrected chi connectivity index (χ3v) is 4.27. The van der Waals surface area contributed by atoms with E-state index in [1.54, 1.807) is 31.4 Å². The van der Waals surface area contributed by atoms with Crippen LogP contribution in [-0.4, -0.2) is 40.2 Å². The fourth-order valence-electron chi connectivity index (χ4n) is 2.87. The molecule has 0 bridgehead atoms. The third-order valence-electron chi connectivity index (χ3n) is 4.27. The molecule has 0 aliphatic carbocycles. The van der Waals surface area contributed by atoms with E-state index in [1.807, 2.05) is 12.1 Å². The summed E-state index contributed by atoms with van der Waals surface area (Å²) in [5, 5.41) is 15.1. The van der Waals surface area contributed by atoms with E-state index in [9.17, 15) is 9.90 Å². The molecule has 0 aliphatic rings. The fourth-order valence-corrected chi connectivity index (χ4v) is 2.87. The van der Waals surface area contributed by atoms with Crippen LogP contribution in [0.1, 0.15) is 5.56 Å². The van der Waals surface area contributed by atoms with Gasteiger partial charge < -0.3 is 19.6 Å². The highest BCUT2D eigenvalue weighted by molar-refractivity contribution is 6.04. The van der Waals surface area contributed by atoms with Gasteiger partial charge in [-0.15, -0.1) is 0 Å². The van der Waals surface area contributed by atoms with Gasteiger partial charge in [-0.25, -0.2) is 4.98 Å². The van der Waals surface area contributed by atoms with Crippen molar-refractivity contribution in [2.75, 3.05) is 14.2 Å². The standard InChI is InChI=1S/C19H16N4O4/c1-26-12-6-7-13-14(8-12)22-17-16(13)20-10-23(19(17)25)21-9-11-4-3-5-15(27-2)18(11)24/h3-10,22,24H,1-2H3/b21-9+. The van der Waals surface area contributed by atoms with Crippen molar-refractivity contribution >= 4 is 28.2 Å². The Morgan fingerprint density at radius 1 is 1.22 bits per heavy atom. The molecule has 0 unspecified atom stereocenters. The second-order valence-electron chi connectivity index (χ2n) is 5.80. The smallest absolute Gasteiger partial charge is 0.298 e. The number of fused-ring (bicyclic) bond motifs is 3. The molecule has 4 aromatic rings. The summed E-state index contributed by atoms with van der Waals surface area (Å²) in [5.41, 5.74) is 1.72. The number of phenols is 1. The van der Waals surface area contributed by atoms with Crippen molar-refractivity contribution in [3.05, 3.63) is 58.6 Å². The number of aromatic hydroxyl groups is 1. The Bertz CT molecular complexity index is 1240. The van der Waals surface area contributed by atoms with Crippen LogP contribution in [0.15, 0.2) is 52.6 Å². The lowest BCUT2D eigenvalue weighted by Crippen LogP contribution is -2.17. The van der Waals surface area contributed by atoms with Gasteiger partial charge in [-0.2, -0.15) is 9.78 Å². The zero-order valence-corrected chi connectivity index (χ0v) is 14.6. The molecular formula is C19H16N4O4. The van der Waals surface area contributed by atoms with Crippen molar-refractivity contribution in [1.29, 1.82) is 0 Å². The van der Waals surface area contributed by atoms with Gasteiger partial charge in [0.2, 0.25) is 0 Å². The number of rotatable bonds is 4. The van der Waals surface area contributed by atoms with Crippen LogP contribution < -0.4 is 15.0 Å². The number of H-pyrrole nitrogens is 1. The second-order valence-corrected chi connectivity index (χ2v) is 5.80. The average Bonchev–Trinajstić information content (AvgIpc) is 3.07. The Labute approximate surface area is 153 Å². The number of hydrogen-bond donors (Lipinski definition) is 2. The number of aromatic amines is 1. The minimum Gasteiger partial charge on any atom is -0.504 e. The van der Waals surface area contributed by atoms with Crippen molar-refractivity contribution in [1.82, 2.24) is 14.6 Å². The molecule has 0 saturated heterocycles. The zero-order chi connectivity index (χ0) is 19.0. The molecule has 0 atom stereocenters. The summed E-state index contributed by atoms with van der Waals surface area (Å²) >= 11 is 0. The number of phenolic OH excluding ortho intramolecular Hbond substituents is 1. The molecule has 2 aromatic heterocycles. The molecule has 2 aromatic carbocycles. The maximum atomic E-state index is 12.7. The van der Waals surface area contributed by atoms with Gasteiger partial charge in [0.05, 0.1) is 26.0 Å². The van der Waals surface area contributed by atoms with E-state index < -0.39 is 0 Å². The van der Waals surface area contributed by atoms with Crippen molar-refractivity contribution in [3.63, 3.8) is 0 Å². The van der Waals surface area contributed by atoms with E-state index in [1.165, 1.54) is 19.7 Å². The van der Waals surface area contributed by atoms with E-state index in [0.717, 1.165) is 15.6 Å². The van der Waals surface area contributed by atoms with Crippen molar-refractivity contribution in [2.24, 2.45) is 5.10 Å². The summed E-state index contributed by atoms with van der Waals surface area (Å²) in [6.07, 6.45) is 2.72. The van der Waals surface area contributed by atoms with E-state index in [2.05, 4.69) is 15.1 Å². The minimum atomic E-state index is -0.353. The summed E-state index contributed by atoms with van der Waals surface area (Å²) in [4.78, 5) is 20.2. The van der Waals surface area contributed by atoms with Crippen LogP contribution in [0.4, 0.5) is 0 Å². The predicted molar refractivity (Wildman–Crippen MR) is 102 cm³/mol. The van der Waals surface area contributed by atoms with Gasteiger partial charge in [0.25, 0.3) is 5.56 Å². The van der Waals surface area contributed by atoms with Gasteiger partial charge in [0, 0.05) is 17.0 Å². The summed E-state index contributed by atoms with van der Waals surface area (Å²) < 4.78 is 11.4. The van der Waals surface area contributed by atoms with Crippen LogP contribution in [0, 0.1) is 0 Å². The van der Waals surface area contributed by atoms with Crippen LogP contribution in [0.3, 0.4) is 0 Å². The first-order valence-corrected chi connectivity index (χ1v) is 8.10. The Balaban J connectivity index is 1.80. The Morgan fingerprint density at radius 2 is 2.07 bits per heavy atom. The van der Waals surface area contributed by atoms with Crippen LogP contribution in [-0.2, 0) is 0 Å². The van der Waals surface area contributed by atoms with E-state index in [-0.39, 0.29) is 11.3 Å². The van der Waals surface area contributed by atoms with Crippen LogP contribution in [0.25, 0.3) is 21.9 Å². The van der Waals surface area contributed by atoms with Crippen LogP contribution in [0.5, 0.6) is 17.2 Å². The van der Waals surface area contributed by atoms with Gasteiger partial charge in [0.15, 0.2) is 11.5 Å². The summed E-state index contributed by atoms with van der Waals surface area (Å²) in [6.45, 7) is 0. The quantitative estimate of drug-likeness (QED) is 0.542. The first-order chi connectivity index (χ1) is 13.1. The number of nitrogens with zero attached hydrogens (tertiary/aromatic N) is 3. The summed E-state index contributed by atoms with van der Waals surface area (Å²) in [6, 6.07) is 10.5. The van der Waals surface area contributed by atoms with Gasteiger partial charge in [-0.05, 0) is 24.3 Å². The molecule has 0 aliphatic heterocycles. The number of nitrogens with one attached hydrogen (secondary N) is 1. The number of aromatic nitrogens is 3. The van der Waals surface area contributed by atoms with E-state index in [4.69, 9.17) is 9.47 Å². The van der Waals surface area contributed by atoms with Crippen LogP contribution >= 0.6 is 0 Å². The maximum Gasteiger partial charge on any atom is 0.298 e. The summed E-state index contributed by atoms with van der Waals surface area (Å²) in [7, 11) is 3.04. The molecule has 0 saturated carbocycles. The number of ether oxygens (including phenoxy) is 2. The molecule has 2 N–H and O–H groups in total. The maximum absolute atomic E-state index is 12.7. The molecule has 8 nitrogen and oxygen atoms in total. The lowest BCUT2D eigenvalue weighted by molar-refractivity contribution is 0.373. The highest BCUT2D eigenvalue weighted by atomic mass is 16.5. The van der Waals surface area contributed by atoms with Gasteiger partial charge in [-0.3, -0.25) is 4.79 Å². The molecular weight excluding hydrogens is 348 g/mol. The molecule has 27 heavy (non-hydrogen) atoms. The average molecular weight is 364 g/mol. The van der Waals surface area contributed by atoms with E-state index in [0.29, 0.717) is 28.1 Å². The highest BCUT2D eigenvalue weighted by Gasteiger charge is 2.11. The Hall–Kier alpha value is -3.81. The highest BCUT2D eigenvalue weighted by Crippen LogP contribution is 2.28. The second kappa shape index (κ2) is 6.49. The molecule has 0 fully saturated rings. The lowest BCUT2D eigenvalue weighted by Gasteiger charge is -2.05. The SMILES string of the molecule is COc1ccc2c(c1)[nH]c1c(=O)n(/N=C/c3cccc(OC)c3O)cnc12. The molecule has 136 valence electrons. The van der Waals surface area contributed by atoms with Crippen molar-refractivity contribution in [3.8, 4) is 17.2 Å². The van der Waals surface area contributed by atoms with Crippen molar-refractivity contribution < 1.29 is 14.6 Å². The Morgan fingerprint density at radius 3 is 2.85 bits per heavy atom. The van der Waals surface area contributed by atoms with Gasteiger partial charge in [-0.1, -0.05) is 6.07 Å². The normalized spacial score (nSPS) is 11.5.